The lowest BCUT2D eigenvalue weighted by molar-refractivity contribution is 0.568. The van der Waals surface area contributed by atoms with Crippen molar-refractivity contribution in [2.75, 3.05) is 6.54 Å². The summed E-state index contributed by atoms with van der Waals surface area (Å²) in [5.41, 5.74) is 0.868. The highest BCUT2D eigenvalue weighted by Gasteiger charge is 2.20. The van der Waals surface area contributed by atoms with Gasteiger partial charge in [-0.15, -0.1) is 11.3 Å². The zero-order valence-corrected chi connectivity index (χ0v) is 13.9. The van der Waals surface area contributed by atoms with E-state index in [-0.39, 0.29) is 10.9 Å². The largest absolute Gasteiger partial charge is 0.363 e. The minimum absolute atomic E-state index is 0.230. The first kappa shape index (κ1) is 16.2. The topological polar surface area (TPSA) is 74.0 Å². The molecule has 0 amide bonds. The molecule has 2 rings (SSSR count). The lowest BCUT2D eigenvalue weighted by Gasteiger charge is -2.11. The minimum atomic E-state index is -3.50. The molecule has 116 valence electrons. The lowest BCUT2D eigenvalue weighted by Crippen LogP contribution is -2.26. The van der Waals surface area contributed by atoms with E-state index >= 15 is 0 Å². The van der Waals surface area contributed by atoms with E-state index in [1.165, 1.54) is 6.20 Å². The van der Waals surface area contributed by atoms with Gasteiger partial charge < -0.3 is 10.3 Å². The first-order valence-corrected chi connectivity index (χ1v) is 9.33. The van der Waals surface area contributed by atoms with Crippen LogP contribution < -0.4 is 10.0 Å². The van der Waals surface area contributed by atoms with Crippen molar-refractivity contribution in [2.24, 2.45) is 0 Å². The number of nitrogens with one attached hydrogen (secondary N) is 3. The first-order chi connectivity index (χ1) is 10.0. The van der Waals surface area contributed by atoms with Crippen LogP contribution in [-0.2, 0) is 16.6 Å². The van der Waals surface area contributed by atoms with Crippen LogP contribution in [0.1, 0.15) is 36.9 Å². The summed E-state index contributed by atoms with van der Waals surface area (Å²) in [5, 5.41) is 5.17. The van der Waals surface area contributed by atoms with Crippen LogP contribution in [0.25, 0.3) is 0 Å². The summed E-state index contributed by atoms with van der Waals surface area (Å²) in [7, 11) is -3.50. The monoisotopic (exact) mass is 327 g/mol. The van der Waals surface area contributed by atoms with E-state index < -0.39 is 10.0 Å². The fourth-order valence-electron chi connectivity index (χ4n) is 1.97. The molecule has 0 aliphatic rings. The van der Waals surface area contributed by atoms with E-state index in [2.05, 4.69) is 21.9 Å². The van der Waals surface area contributed by atoms with Gasteiger partial charge in [0, 0.05) is 23.3 Å². The number of rotatable bonds is 8. The van der Waals surface area contributed by atoms with Crippen molar-refractivity contribution in [1.29, 1.82) is 0 Å². The molecule has 2 aromatic heterocycles. The summed E-state index contributed by atoms with van der Waals surface area (Å²) >= 11 is 1.54. The Morgan fingerprint density at radius 2 is 2.24 bits per heavy atom. The van der Waals surface area contributed by atoms with E-state index in [1.807, 2.05) is 24.4 Å². The van der Waals surface area contributed by atoms with Crippen LogP contribution in [0.15, 0.2) is 34.7 Å². The third kappa shape index (κ3) is 4.41. The molecule has 0 radical (unpaired) electrons. The average Bonchev–Trinajstić information content (AvgIpc) is 3.10. The van der Waals surface area contributed by atoms with Crippen molar-refractivity contribution in [1.82, 2.24) is 15.0 Å². The van der Waals surface area contributed by atoms with Crippen molar-refractivity contribution in [2.45, 2.75) is 37.8 Å². The first-order valence-electron chi connectivity index (χ1n) is 6.96. The highest BCUT2D eigenvalue weighted by Crippen LogP contribution is 2.21. The molecule has 3 N–H and O–H groups in total. The number of aromatic nitrogens is 1. The van der Waals surface area contributed by atoms with Crippen LogP contribution in [0.5, 0.6) is 0 Å². The predicted octanol–water partition coefficient (Wildman–Crippen LogP) is 2.62. The van der Waals surface area contributed by atoms with Crippen LogP contribution in [0.2, 0.25) is 0 Å². The molecular formula is C14H21N3O2S2. The van der Waals surface area contributed by atoms with Crippen LogP contribution >= 0.6 is 11.3 Å². The molecule has 0 bridgehead atoms. The van der Waals surface area contributed by atoms with Crippen LogP contribution in [0.3, 0.4) is 0 Å². The highest BCUT2D eigenvalue weighted by atomic mass is 32.2. The maximum absolute atomic E-state index is 12.3. The standard InChI is InChI=1S/C14H21N3O2S2/c1-3-6-15-9-12-8-13(10-16-12)21(18,19)17-11(2)14-5-4-7-20-14/h4-5,7-8,10-11,15-17H,3,6,9H2,1-2H3. The molecule has 0 saturated heterocycles. The highest BCUT2D eigenvalue weighted by molar-refractivity contribution is 7.89. The summed E-state index contributed by atoms with van der Waals surface area (Å²) in [6.07, 6.45) is 2.58. The summed E-state index contributed by atoms with van der Waals surface area (Å²) in [6, 6.07) is 5.28. The molecule has 0 saturated carbocycles. The lowest BCUT2D eigenvalue weighted by atomic mass is 10.3. The molecule has 1 atom stereocenters. The zero-order chi connectivity index (χ0) is 15.3. The quantitative estimate of drug-likeness (QED) is 0.653. The molecule has 0 aliphatic heterocycles. The van der Waals surface area contributed by atoms with Gasteiger partial charge in [-0.2, -0.15) is 0 Å². The van der Waals surface area contributed by atoms with Crippen molar-refractivity contribution in [3.63, 3.8) is 0 Å². The smallest absolute Gasteiger partial charge is 0.242 e. The van der Waals surface area contributed by atoms with Crippen molar-refractivity contribution < 1.29 is 8.42 Å². The molecule has 5 nitrogen and oxygen atoms in total. The number of thiophene rings is 1. The van der Waals surface area contributed by atoms with Crippen molar-refractivity contribution in [3.05, 3.63) is 40.3 Å². The molecule has 0 aromatic carbocycles. The second-order valence-electron chi connectivity index (χ2n) is 4.90. The van der Waals surface area contributed by atoms with E-state index in [0.29, 0.717) is 6.54 Å². The Hall–Kier alpha value is -1.15. The number of hydrogen-bond acceptors (Lipinski definition) is 4. The van der Waals surface area contributed by atoms with Crippen molar-refractivity contribution >= 4 is 21.4 Å². The number of aromatic amines is 1. The fraction of sp³-hybridized carbons (Fsp3) is 0.429. The van der Waals surface area contributed by atoms with Gasteiger partial charge in [-0.05, 0) is 37.4 Å². The Morgan fingerprint density at radius 3 is 2.90 bits per heavy atom. The second kappa shape index (κ2) is 7.22. The molecule has 21 heavy (non-hydrogen) atoms. The molecule has 1 unspecified atom stereocenters. The molecule has 7 heteroatoms. The molecule has 0 aliphatic carbocycles. The molecular weight excluding hydrogens is 306 g/mol. The minimum Gasteiger partial charge on any atom is -0.363 e. The van der Waals surface area contributed by atoms with E-state index in [0.717, 1.165) is 23.5 Å². The average molecular weight is 327 g/mol. The van der Waals surface area contributed by atoms with Gasteiger partial charge in [-0.3, -0.25) is 0 Å². The Bertz CT molecular complexity index is 648. The van der Waals surface area contributed by atoms with Gasteiger partial charge >= 0.3 is 0 Å². The molecule has 2 heterocycles. The molecule has 2 aromatic rings. The predicted molar refractivity (Wildman–Crippen MR) is 85.8 cm³/mol. The van der Waals surface area contributed by atoms with Gasteiger partial charge in [0.05, 0.1) is 10.9 Å². The SMILES string of the molecule is CCCNCc1cc(S(=O)(=O)NC(C)c2cccs2)c[nH]1. The number of H-pyrrole nitrogens is 1. The van der Waals surface area contributed by atoms with Crippen LogP contribution in [-0.4, -0.2) is 19.9 Å². The normalized spacial score (nSPS) is 13.4. The van der Waals surface area contributed by atoms with E-state index in [1.54, 1.807) is 17.4 Å². The summed E-state index contributed by atoms with van der Waals surface area (Å²) in [5.74, 6) is 0. The van der Waals surface area contributed by atoms with E-state index in [4.69, 9.17) is 0 Å². The van der Waals surface area contributed by atoms with Gasteiger partial charge in [-0.1, -0.05) is 13.0 Å². The van der Waals surface area contributed by atoms with Gasteiger partial charge in [0.2, 0.25) is 10.0 Å². The fourth-order valence-corrected chi connectivity index (χ4v) is 4.02. The maximum Gasteiger partial charge on any atom is 0.242 e. The Morgan fingerprint density at radius 1 is 1.43 bits per heavy atom. The summed E-state index contributed by atoms with van der Waals surface area (Å²) in [4.78, 5) is 4.28. The Kier molecular flexibility index (Phi) is 5.58. The second-order valence-corrected chi connectivity index (χ2v) is 7.59. The Balaban J connectivity index is 2.02. The number of sulfonamides is 1. The maximum atomic E-state index is 12.3. The van der Waals surface area contributed by atoms with Gasteiger partial charge in [0.15, 0.2) is 0 Å². The third-order valence-corrected chi connectivity index (χ3v) is 5.65. The molecule has 0 fully saturated rings. The van der Waals surface area contributed by atoms with Crippen molar-refractivity contribution in [3.8, 4) is 0 Å². The van der Waals surface area contributed by atoms with E-state index in [9.17, 15) is 8.42 Å². The number of hydrogen-bond donors (Lipinski definition) is 3. The summed E-state index contributed by atoms with van der Waals surface area (Å²) < 4.78 is 27.4. The summed E-state index contributed by atoms with van der Waals surface area (Å²) in [6.45, 7) is 5.49. The van der Waals surface area contributed by atoms with Crippen LogP contribution in [0, 0.1) is 0 Å². The van der Waals surface area contributed by atoms with Gasteiger partial charge in [0.1, 0.15) is 0 Å². The van der Waals surface area contributed by atoms with Gasteiger partial charge in [0.25, 0.3) is 0 Å². The third-order valence-electron chi connectivity index (χ3n) is 3.07. The Labute approximate surface area is 129 Å². The van der Waals surface area contributed by atoms with Gasteiger partial charge in [-0.25, -0.2) is 13.1 Å². The van der Waals surface area contributed by atoms with Crippen LogP contribution in [0.4, 0.5) is 0 Å². The molecule has 0 spiro atoms. The zero-order valence-electron chi connectivity index (χ0n) is 12.2.